The van der Waals surface area contributed by atoms with E-state index in [1.165, 1.54) is 0 Å². The zero-order valence-corrected chi connectivity index (χ0v) is 14.5. The highest BCUT2D eigenvalue weighted by atomic mass is 35.5. The molecule has 1 aromatic rings. The third-order valence-corrected chi connectivity index (χ3v) is 5.31. The molecule has 2 aliphatic heterocycles. The monoisotopic (exact) mass is 349 g/mol. The number of carboxylic acids is 1. The van der Waals surface area contributed by atoms with Gasteiger partial charge in [-0.15, -0.1) is 0 Å². The van der Waals surface area contributed by atoms with E-state index in [0.29, 0.717) is 29.3 Å². The maximum atomic E-state index is 12.8. The first-order valence-electron chi connectivity index (χ1n) is 7.99. The second kappa shape index (κ2) is 6.13. The normalized spacial score (nSPS) is 22.8. The van der Waals surface area contributed by atoms with E-state index in [2.05, 4.69) is 0 Å². The number of benzene rings is 1. The highest BCUT2D eigenvalue weighted by molar-refractivity contribution is 6.30. The molecule has 1 amide bonds. The van der Waals surface area contributed by atoms with Crippen LogP contribution in [0.2, 0.25) is 5.02 Å². The van der Waals surface area contributed by atoms with Gasteiger partial charge in [-0.05, 0) is 36.6 Å². The number of hydrogen-bond donors (Lipinski definition) is 1. The Morgan fingerprint density at radius 2 is 2.12 bits per heavy atom. The Labute approximate surface area is 145 Å². The number of amides is 1. The predicted octanol–water partition coefficient (Wildman–Crippen LogP) is 3.08. The molecule has 3 rings (SSSR count). The second-order valence-corrected chi connectivity index (χ2v) is 7.17. The van der Waals surface area contributed by atoms with E-state index in [4.69, 9.17) is 16.3 Å². The van der Waals surface area contributed by atoms with E-state index in [1.54, 1.807) is 29.2 Å². The van der Waals surface area contributed by atoms with Crippen molar-refractivity contribution in [2.75, 3.05) is 19.7 Å². The number of fused-ring (bicyclic) bond motifs is 1. The third-order valence-electron chi connectivity index (χ3n) is 5.08. The van der Waals surface area contributed by atoms with Crippen LogP contribution in [0, 0.1) is 11.3 Å². The van der Waals surface area contributed by atoms with Crippen LogP contribution in [0.25, 0.3) is 6.08 Å². The molecule has 1 fully saturated rings. The molecule has 0 saturated carbocycles. The number of nitrogens with zero attached hydrogens (tertiary/aromatic N) is 1. The number of carboxylic acid groups (broad SMARTS) is 1. The van der Waals surface area contributed by atoms with Crippen LogP contribution in [-0.2, 0) is 9.59 Å². The highest BCUT2D eigenvalue weighted by Crippen LogP contribution is 2.39. The van der Waals surface area contributed by atoms with Crippen LogP contribution in [0.1, 0.15) is 25.8 Å². The summed E-state index contributed by atoms with van der Waals surface area (Å²) in [4.78, 5) is 26.1. The van der Waals surface area contributed by atoms with Gasteiger partial charge < -0.3 is 14.7 Å². The third kappa shape index (κ3) is 2.77. The molecular weight excluding hydrogens is 330 g/mol. The van der Waals surface area contributed by atoms with Crippen molar-refractivity contribution >= 4 is 29.6 Å². The number of hydrogen-bond acceptors (Lipinski definition) is 3. The average Bonchev–Trinajstić information content (AvgIpc) is 3.00. The van der Waals surface area contributed by atoms with Crippen LogP contribution >= 0.6 is 11.6 Å². The first-order valence-corrected chi connectivity index (χ1v) is 8.37. The molecule has 0 radical (unpaired) electrons. The molecule has 24 heavy (non-hydrogen) atoms. The zero-order valence-electron chi connectivity index (χ0n) is 13.7. The fraction of sp³-hybridized carbons (Fsp3) is 0.444. The maximum Gasteiger partial charge on any atom is 0.311 e. The van der Waals surface area contributed by atoms with Crippen molar-refractivity contribution in [3.8, 4) is 5.75 Å². The molecule has 1 saturated heterocycles. The van der Waals surface area contributed by atoms with E-state index in [0.717, 1.165) is 5.56 Å². The summed E-state index contributed by atoms with van der Waals surface area (Å²) in [5.74, 6) is -0.341. The minimum Gasteiger partial charge on any atom is -0.488 e. The maximum absolute atomic E-state index is 12.8. The minimum atomic E-state index is -0.868. The summed E-state index contributed by atoms with van der Waals surface area (Å²) in [5.41, 5.74) is 0.423. The summed E-state index contributed by atoms with van der Waals surface area (Å²) in [6.45, 7) is 4.65. The van der Waals surface area contributed by atoms with Crippen molar-refractivity contribution in [2.24, 2.45) is 11.3 Å². The van der Waals surface area contributed by atoms with Gasteiger partial charge in [0.2, 0.25) is 0 Å². The average molecular weight is 350 g/mol. The first-order chi connectivity index (χ1) is 11.3. The van der Waals surface area contributed by atoms with Gasteiger partial charge in [-0.2, -0.15) is 0 Å². The van der Waals surface area contributed by atoms with Gasteiger partial charge in [-0.25, -0.2) is 0 Å². The van der Waals surface area contributed by atoms with E-state index in [-0.39, 0.29) is 25.0 Å². The van der Waals surface area contributed by atoms with Crippen LogP contribution in [0.5, 0.6) is 5.75 Å². The second-order valence-electron chi connectivity index (χ2n) is 6.73. The van der Waals surface area contributed by atoms with Crippen molar-refractivity contribution in [2.45, 2.75) is 20.3 Å². The van der Waals surface area contributed by atoms with E-state index in [1.807, 2.05) is 13.8 Å². The minimum absolute atomic E-state index is 0.0380. The van der Waals surface area contributed by atoms with Gasteiger partial charge in [0.25, 0.3) is 5.91 Å². The molecule has 0 aliphatic carbocycles. The number of carbonyl (C=O) groups is 2. The Bertz CT molecular complexity index is 728. The van der Waals surface area contributed by atoms with Crippen molar-refractivity contribution in [3.05, 3.63) is 34.4 Å². The van der Waals surface area contributed by atoms with Crippen LogP contribution in [0.3, 0.4) is 0 Å². The molecule has 1 aromatic carbocycles. The largest absolute Gasteiger partial charge is 0.488 e. The first kappa shape index (κ1) is 16.8. The fourth-order valence-corrected chi connectivity index (χ4v) is 3.55. The molecule has 1 N–H and O–H groups in total. The smallest absolute Gasteiger partial charge is 0.311 e. The van der Waals surface area contributed by atoms with E-state index >= 15 is 0 Å². The molecule has 0 bridgehead atoms. The lowest BCUT2D eigenvalue weighted by Crippen LogP contribution is -2.41. The SMILES string of the molecule is CC(C)C1(C(=O)O)CCN(C(=O)C2=Cc3cc(Cl)ccc3OC2)C1. The van der Waals surface area contributed by atoms with Crippen molar-refractivity contribution < 1.29 is 19.4 Å². The molecule has 1 atom stereocenters. The lowest BCUT2D eigenvalue weighted by atomic mass is 9.76. The number of carbonyl (C=O) groups excluding carboxylic acids is 1. The summed E-state index contributed by atoms with van der Waals surface area (Å²) in [5, 5.41) is 10.2. The molecule has 1 unspecified atom stereocenters. The Morgan fingerprint density at radius 1 is 1.38 bits per heavy atom. The standard InChI is InChI=1S/C18H20ClNO4/c1-11(2)18(17(22)23)5-6-20(10-18)16(21)13-7-12-8-14(19)3-4-15(12)24-9-13/h3-4,7-8,11H,5-6,9-10H2,1-2H3,(H,22,23). The van der Waals surface area contributed by atoms with Crippen molar-refractivity contribution in [1.29, 1.82) is 0 Å². The van der Waals surface area contributed by atoms with Crippen molar-refractivity contribution in [3.63, 3.8) is 0 Å². The number of halogens is 1. The highest BCUT2D eigenvalue weighted by Gasteiger charge is 2.48. The Hall–Kier alpha value is -2.01. The Morgan fingerprint density at radius 3 is 2.75 bits per heavy atom. The van der Waals surface area contributed by atoms with Gasteiger partial charge in [0, 0.05) is 23.7 Å². The molecule has 2 heterocycles. The summed E-state index contributed by atoms with van der Waals surface area (Å²) >= 11 is 5.99. The summed E-state index contributed by atoms with van der Waals surface area (Å²) in [6.07, 6.45) is 2.26. The van der Waals surface area contributed by atoms with Crippen LogP contribution in [-0.4, -0.2) is 41.6 Å². The number of rotatable bonds is 3. The van der Waals surface area contributed by atoms with E-state index in [9.17, 15) is 14.7 Å². The number of likely N-dealkylation sites (tertiary alicyclic amines) is 1. The molecule has 2 aliphatic rings. The van der Waals surface area contributed by atoms with Gasteiger partial charge in [-0.3, -0.25) is 9.59 Å². The topological polar surface area (TPSA) is 66.8 Å². The molecule has 0 spiro atoms. The molecule has 128 valence electrons. The fourth-order valence-electron chi connectivity index (χ4n) is 3.37. The summed E-state index contributed by atoms with van der Waals surface area (Å²) < 4.78 is 5.63. The van der Waals surface area contributed by atoms with Crippen LogP contribution in [0.4, 0.5) is 0 Å². The number of aliphatic carboxylic acids is 1. The molecule has 6 heteroatoms. The lowest BCUT2D eigenvalue weighted by molar-refractivity contribution is -0.151. The Balaban J connectivity index is 1.82. The Kier molecular flexibility index (Phi) is 4.30. The lowest BCUT2D eigenvalue weighted by Gasteiger charge is -2.29. The van der Waals surface area contributed by atoms with Gasteiger partial charge >= 0.3 is 5.97 Å². The van der Waals surface area contributed by atoms with Gasteiger partial charge in [0.1, 0.15) is 12.4 Å². The molecule has 5 nitrogen and oxygen atoms in total. The van der Waals surface area contributed by atoms with Crippen LogP contribution in [0.15, 0.2) is 23.8 Å². The van der Waals surface area contributed by atoms with Crippen LogP contribution < -0.4 is 4.74 Å². The predicted molar refractivity (Wildman–Crippen MR) is 91.0 cm³/mol. The molecular formula is C18H20ClNO4. The van der Waals surface area contributed by atoms with Crippen molar-refractivity contribution in [1.82, 2.24) is 4.90 Å². The summed E-state index contributed by atoms with van der Waals surface area (Å²) in [6, 6.07) is 5.27. The summed E-state index contributed by atoms with van der Waals surface area (Å²) in [7, 11) is 0. The number of ether oxygens (including phenoxy) is 1. The van der Waals surface area contributed by atoms with E-state index < -0.39 is 11.4 Å². The molecule has 0 aromatic heterocycles. The zero-order chi connectivity index (χ0) is 17.5. The quantitative estimate of drug-likeness (QED) is 0.910. The van der Waals surface area contributed by atoms with Gasteiger partial charge in [-0.1, -0.05) is 25.4 Å². The van der Waals surface area contributed by atoms with Gasteiger partial charge in [0.15, 0.2) is 0 Å². The van der Waals surface area contributed by atoms with Gasteiger partial charge in [0.05, 0.1) is 11.0 Å².